The Morgan fingerprint density at radius 2 is 2.09 bits per heavy atom. The predicted octanol–water partition coefficient (Wildman–Crippen LogP) is 2.58. The second kappa shape index (κ2) is 5.04. The molecule has 8 heteroatoms. The minimum Gasteiger partial charge on any atom is -0.477 e. The molecule has 1 heterocycles. The Labute approximate surface area is 121 Å². The summed E-state index contributed by atoms with van der Waals surface area (Å²) in [5, 5.41) is 8.97. The minimum absolute atomic E-state index is 0.0250. The molecule has 5 nitrogen and oxygen atoms in total. The van der Waals surface area contributed by atoms with Crippen molar-refractivity contribution in [1.82, 2.24) is 4.57 Å². The molecule has 3 rings (SSSR count). The summed E-state index contributed by atoms with van der Waals surface area (Å²) in [7, 11) is 0. The lowest BCUT2D eigenvalue weighted by atomic mass is 10.1. The van der Waals surface area contributed by atoms with Gasteiger partial charge in [-0.2, -0.15) is 8.78 Å². The molecule has 1 aliphatic rings. The third-order valence-electron chi connectivity index (χ3n) is 3.50. The number of halogens is 3. The molecule has 116 valence electrons. The largest absolute Gasteiger partial charge is 0.477 e. The molecular formula is C14H10F3NO4. The third kappa shape index (κ3) is 2.30. The first-order valence-corrected chi connectivity index (χ1v) is 6.40. The van der Waals surface area contributed by atoms with Crippen molar-refractivity contribution in [2.45, 2.75) is 25.2 Å². The minimum atomic E-state index is -3.12. The fourth-order valence-corrected chi connectivity index (χ4v) is 2.42. The molecule has 1 N–H and O–H groups in total. The number of carboxylic acid groups (broad SMARTS) is 1. The Morgan fingerprint density at radius 3 is 2.64 bits per heavy atom. The average Bonchev–Trinajstić information content (AvgIpc) is 3.16. The van der Waals surface area contributed by atoms with Gasteiger partial charge in [0.25, 0.3) is 0 Å². The number of carbonyl (C=O) groups is 1. The van der Waals surface area contributed by atoms with Crippen LogP contribution in [-0.2, 0) is 0 Å². The number of benzene rings is 1. The van der Waals surface area contributed by atoms with E-state index >= 15 is 0 Å². The molecule has 2 atom stereocenters. The first kappa shape index (κ1) is 14.4. The molecule has 2 unspecified atom stereocenters. The fraction of sp³-hybridized carbons (Fsp3) is 0.286. The van der Waals surface area contributed by atoms with Gasteiger partial charge >= 0.3 is 12.6 Å². The third-order valence-corrected chi connectivity index (χ3v) is 3.50. The second-order valence-electron chi connectivity index (χ2n) is 4.93. The van der Waals surface area contributed by atoms with E-state index in [2.05, 4.69) is 4.74 Å². The summed E-state index contributed by atoms with van der Waals surface area (Å²) >= 11 is 0. The van der Waals surface area contributed by atoms with Gasteiger partial charge in [0, 0.05) is 12.6 Å². The summed E-state index contributed by atoms with van der Waals surface area (Å²) in [5.74, 6) is -1.75. The number of alkyl halides is 3. The highest BCUT2D eigenvalue weighted by Crippen LogP contribution is 2.42. The van der Waals surface area contributed by atoms with Crippen molar-refractivity contribution >= 4 is 16.9 Å². The SMILES string of the molecule is O=C(O)c1cn(C2CC2F)c2c(OC(F)F)cccc2c1=O. The standard InChI is InChI=1S/C14H10F3NO4/c15-8-4-9(8)18-5-7(13(20)21)12(19)6-2-1-3-10(11(6)18)22-14(16)17/h1-3,5,8-9,14H,4H2,(H,20,21). The molecule has 0 radical (unpaired) electrons. The van der Waals surface area contributed by atoms with Gasteiger partial charge in [0.2, 0.25) is 5.43 Å². The van der Waals surface area contributed by atoms with E-state index in [1.807, 2.05) is 0 Å². The van der Waals surface area contributed by atoms with Crippen LogP contribution < -0.4 is 10.2 Å². The Hall–Kier alpha value is -2.51. The molecule has 2 aromatic rings. The molecule has 0 bridgehead atoms. The Bertz CT molecular complexity index is 818. The van der Waals surface area contributed by atoms with Crippen LogP contribution in [0.4, 0.5) is 13.2 Å². The number of para-hydroxylation sites is 1. The molecule has 1 fully saturated rings. The van der Waals surface area contributed by atoms with Crippen LogP contribution in [0.3, 0.4) is 0 Å². The van der Waals surface area contributed by atoms with Gasteiger partial charge in [-0.3, -0.25) is 4.79 Å². The van der Waals surface area contributed by atoms with Crippen LogP contribution in [0, 0.1) is 0 Å². The number of ether oxygens (including phenoxy) is 1. The molecule has 1 aromatic carbocycles. The van der Waals surface area contributed by atoms with E-state index in [1.165, 1.54) is 22.8 Å². The van der Waals surface area contributed by atoms with Crippen molar-refractivity contribution in [2.24, 2.45) is 0 Å². The van der Waals surface area contributed by atoms with Gasteiger partial charge in [0.1, 0.15) is 11.7 Å². The Kier molecular flexibility index (Phi) is 3.31. The maximum absolute atomic E-state index is 13.4. The summed E-state index contributed by atoms with van der Waals surface area (Å²) in [6.45, 7) is -3.12. The molecule has 0 aliphatic heterocycles. The highest BCUT2D eigenvalue weighted by atomic mass is 19.3. The molecule has 1 aliphatic carbocycles. The van der Waals surface area contributed by atoms with Crippen LogP contribution in [0.2, 0.25) is 0 Å². The highest BCUT2D eigenvalue weighted by Gasteiger charge is 2.40. The van der Waals surface area contributed by atoms with Gasteiger partial charge in [-0.15, -0.1) is 0 Å². The number of nitrogens with zero attached hydrogens (tertiary/aromatic N) is 1. The lowest BCUT2D eigenvalue weighted by Crippen LogP contribution is -2.19. The number of hydrogen-bond donors (Lipinski definition) is 1. The van der Waals surface area contributed by atoms with E-state index in [4.69, 9.17) is 5.11 Å². The first-order chi connectivity index (χ1) is 10.4. The number of carboxylic acids is 1. The zero-order chi connectivity index (χ0) is 16.0. The quantitative estimate of drug-likeness (QED) is 0.942. The summed E-state index contributed by atoms with van der Waals surface area (Å²) in [4.78, 5) is 23.3. The van der Waals surface area contributed by atoms with Crippen molar-refractivity contribution in [3.63, 3.8) is 0 Å². The van der Waals surface area contributed by atoms with Crippen LogP contribution in [0.15, 0.2) is 29.2 Å². The summed E-state index contributed by atoms with van der Waals surface area (Å²) in [5.41, 5.74) is -1.39. The van der Waals surface area contributed by atoms with Crippen molar-refractivity contribution in [3.8, 4) is 5.75 Å². The second-order valence-corrected chi connectivity index (χ2v) is 4.93. The highest BCUT2D eigenvalue weighted by molar-refractivity contribution is 5.94. The van der Waals surface area contributed by atoms with E-state index in [0.717, 1.165) is 6.20 Å². The van der Waals surface area contributed by atoms with E-state index in [1.54, 1.807) is 0 Å². The van der Waals surface area contributed by atoms with Crippen molar-refractivity contribution in [2.75, 3.05) is 0 Å². The maximum atomic E-state index is 13.4. The average molecular weight is 313 g/mol. The Balaban J connectivity index is 2.34. The van der Waals surface area contributed by atoms with Crippen LogP contribution in [0.25, 0.3) is 10.9 Å². The normalized spacial score (nSPS) is 20.4. The molecule has 1 saturated carbocycles. The molecular weight excluding hydrogens is 303 g/mol. The summed E-state index contributed by atoms with van der Waals surface area (Å²) < 4.78 is 44.0. The lowest BCUT2D eigenvalue weighted by Gasteiger charge is -2.15. The van der Waals surface area contributed by atoms with Gasteiger partial charge in [0.15, 0.2) is 5.75 Å². The topological polar surface area (TPSA) is 68.5 Å². The van der Waals surface area contributed by atoms with Gasteiger partial charge in [-0.05, 0) is 12.1 Å². The van der Waals surface area contributed by atoms with Gasteiger partial charge in [0.05, 0.1) is 16.9 Å². The van der Waals surface area contributed by atoms with Crippen LogP contribution >= 0.6 is 0 Å². The number of aromatic nitrogens is 1. The lowest BCUT2D eigenvalue weighted by molar-refractivity contribution is -0.0490. The summed E-state index contributed by atoms with van der Waals surface area (Å²) in [6.07, 6.45) is -0.109. The van der Waals surface area contributed by atoms with Crippen molar-refractivity contribution < 1.29 is 27.8 Å². The molecule has 0 amide bonds. The molecule has 0 spiro atoms. The van der Waals surface area contributed by atoms with Crippen molar-refractivity contribution in [3.05, 3.63) is 40.2 Å². The van der Waals surface area contributed by atoms with Gasteiger partial charge < -0.3 is 14.4 Å². The monoisotopic (exact) mass is 313 g/mol. The van der Waals surface area contributed by atoms with Crippen LogP contribution in [0.5, 0.6) is 5.75 Å². The predicted molar refractivity (Wildman–Crippen MR) is 70.3 cm³/mol. The molecule has 1 aromatic heterocycles. The Morgan fingerprint density at radius 1 is 1.41 bits per heavy atom. The van der Waals surface area contributed by atoms with E-state index in [-0.39, 0.29) is 23.1 Å². The number of aromatic carboxylic acids is 1. The fourth-order valence-electron chi connectivity index (χ4n) is 2.42. The molecule has 22 heavy (non-hydrogen) atoms. The molecule has 0 saturated heterocycles. The van der Waals surface area contributed by atoms with E-state index in [0.29, 0.717) is 0 Å². The zero-order valence-electron chi connectivity index (χ0n) is 11.0. The van der Waals surface area contributed by atoms with Crippen LogP contribution in [0.1, 0.15) is 22.8 Å². The first-order valence-electron chi connectivity index (χ1n) is 6.40. The van der Waals surface area contributed by atoms with Gasteiger partial charge in [-0.1, -0.05) is 6.07 Å². The maximum Gasteiger partial charge on any atom is 0.387 e. The van der Waals surface area contributed by atoms with Crippen LogP contribution in [-0.4, -0.2) is 28.4 Å². The number of rotatable bonds is 4. The van der Waals surface area contributed by atoms with E-state index in [9.17, 15) is 22.8 Å². The van der Waals surface area contributed by atoms with Crippen molar-refractivity contribution in [1.29, 1.82) is 0 Å². The van der Waals surface area contributed by atoms with Gasteiger partial charge in [-0.25, -0.2) is 9.18 Å². The smallest absolute Gasteiger partial charge is 0.387 e. The number of fused-ring (bicyclic) bond motifs is 1. The zero-order valence-corrected chi connectivity index (χ0v) is 11.0. The number of pyridine rings is 1. The number of hydrogen-bond acceptors (Lipinski definition) is 3. The van der Waals surface area contributed by atoms with E-state index < -0.39 is 35.8 Å². The summed E-state index contributed by atoms with van der Waals surface area (Å²) in [6, 6.07) is 3.13.